The Kier molecular flexibility index (Phi) is 5.27. The summed E-state index contributed by atoms with van der Waals surface area (Å²) >= 11 is -5.88. The molecule has 0 heterocycles. The van der Waals surface area contributed by atoms with Crippen LogP contribution in [-0.4, -0.2) is 11.0 Å². The van der Waals surface area contributed by atoms with Crippen LogP contribution < -0.4 is 8.92 Å². The van der Waals surface area contributed by atoms with Gasteiger partial charge in [-0.3, -0.25) is 0 Å². The Hall–Kier alpha value is -1.16. The van der Waals surface area contributed by atoms with Crippen molar-refractivity contribution in [3.8, 4) is 0 Å². The Labute approximate surface area is 142 Å². The molecule has 2 aromatic carbocycles. The summed E-state index contributed by atoms with van der Waals surface area (Å²) in [6, 6.07) is 0. The summed E-state index contributed by atoms with van der Waals surface area (Å²) in [7, 11) is 10.9. The van der Waals surface area contributed by atoms with Crippen molar-refractivity contribution >= 4 is 40.1 Å². The SMILES string of the molecule is Fc1c(F)c(F)c([Se](Cl)(Cl)c2c(F)c(F)c(F)c(F)c2F)c(F)c1F. The van der Waals surface area contributed by atoms with Crippen LogP contribution in [0.5, 0.6) is 0 Å². The fourth-order valence-electron chi connectivity index (χ4n) is 1.72. The summed E-state index contributed by atoms with van der Waals surface area (Å²) in [4.78, 5) is 0. The van der Waals surface area contributed by atoms with E-state index >= 15 is 0 Å². The first-order chi connectivity index (χ1) is 11.4. The van der Waals surface area contributed by atoms with Gasteiger partial charge in [-0.05, 0) is 0 Å². The van der Waals surface area contributed by atoms with Gasteiger partial charge in [0.2, 0.25) is 0 Å². The molecule has 0 aliphatic rings. The van der Waals surface area contributed by atoms with Crippen molar-refractivity contribution in [2.24, 2.45) is 0 Å². The van der Waals surface area contributed by atoms with Gasteiger partial charge in [0.05, 0.1) is 0 Å². The summed E-state index contributed by atoms with van der Waals surface area (Å²) in [5, 5.41) is 0. The third-order valence-corrected chi connectivity index (χ3v) is 9.71. The maximum absolute atomic E-state index is 13.8. The molecular weight excluding hydrogens is 484 g/mol. The zero-order valence-electron chi connectivity index (χ0n) is 10.9. The number of hydrogen-bond acceptors (Lipinski definition) is 0. The van der Waals surface area contributed by atoms with Crippen LogP contribution in [0.3, 0.4) is 0 Å². The van der Waals surface area contributed by atoms with Crippen LogP contribution in [-0.2, 0) is 0 Å². The fraction of sp³-hybridized carbons (Fsp3) is 0. The quantitative estimate of drug-likeness (QED) is 0.261. The molecular formula is C12Cl2F10Se. The standard InChI is InChI=1S/C12Cl2F10Se/c13-25(14,11-7(21)3(17)1(15)4(18)8(11)22)12-9(23)5(19)2(16)6(20)10(12)24. The molecule has 0 radical (unpaired) electrons. The summed E-state index contributed by atoms with van der Waals surface area (Å²) in [6.45, 7) is 0. The van der Waals surface area contributed by atoms with Crippen molar-refractivity contribution in [3.05, 3.63) is 58.2 Å². The van der Waals surface area contributed by atoms with Crippen molar-refractivity contribution in [1.82, 2.24) is 0 Å². The Morgan fingerprint density at radius 3 is 0.720 bits per heavy atom. The third kappa shape index (κ3) is 2.86. The maximum atomic E-state index is 13.8. The van der Waals surface area contributed by atoms with Gasteiger partial charge in [-0.25, -0.2) is 0 Å². The number of hydrogen-bond donors (Lipinski definition) is 0. The summed E-state index contributed by atoms with van der Waals surface area (Å²) in [5.74, 6) is -26.1. The van der Waals surface area contributed by atoms with E-state index in [1.54, 1.807) is 0 Å². The van der Waals surface area contributed by atoms with E-state index in [0.717, 1.165) is 0 Å². The third-order valence-electron chi connectivity index (χ3n) is 2.85. The summed E-state index contributed by atoms with van der Waals surface area (Å²) in [6.07, 6.45) is 0. The Morgan fingerprint density at radius 2 is 0.520 bits per heavy atom. The normalized spacial score (nSPS) is 12.6. The van der Waals surface area contributed by atoms with Crippen LogP contribution >= 0.6 is 20.2 Å². The van der Waals surface area contributed by atoms with Gasteiger partial charge in [0.25, 0.3) is 0 Å². The van der Waals surface area contributed by atoms with E-state index in [2.05, 4.69) is 0 Å². The van der Waals surface area contributed by atoms with Gasteiger partial charge >= 0.3 is 142 Å². The molecule has 25 heavy (non-hydrogen) atoms. The van der Waals surface area contributed by atoms with Gasteiger partial charge in [-0.15, -0.1) is 0 Å². The van der Waals surface area contributed by atoms with Gasteiger partial charge in [-0.1, -0.05) is 0 Å². The van der Waals surface area contributed by atoms with E-state index in [0.29, 0.717) is 0 Å². The zero-order chi connectivity index (χ0) is 19.4. The summed E-state index contributed by atoms with van der Waals surface area (Å²) in [5.41, 5.74) is 0. The zero-order valence-corrected chi connectivity index (χ0v) is 14.2. The average molecular weight is 484 g/mol. The van der Waals surface area contributed by atoms with E-state index in [4.69, 9.17) is 20.2 Å². The van der Waals surface area contributed by atoms with Crippen molar-refractivity contribution in [2.45, 2.75) is 0 Å². The Morgan fingerprint density at radius 1 is 0.360 bits per heavy atom. The molecule has 0 aromatic heterocycles. The van der Waals surface area contributed by atoms with Gasteiger partial charge in [0, 0.05) is 0 Å². The minimum absolute atomic E-state index is 2.06. The molecule has 0 spiro atoms. The topological polar surface area (TPSA) is 0 Å². The predicted octanol–water partition coefficient (Wildman–Crippen LogP) is 4.11. The monoisotopic (exact) mass is 484 g/mol. The van der Waals surface area contributed by atoms with Gasteiger partial charge < -0.3 is 0 Å². The van der Waals surface area contributed by atoms with E-state index in [1.807, 2.05) is 0 Å². The summed E-state index contributed by atoms with van der Waals surface area (Å²) < 4.78 is 130. The Bertz CT molecular complexity index is 769. The second kappa shape index (κ2) is 6.53. The second-order valence-electron chi connectivity index (χ2n) is 4.27. The van der Waals surface area contributed by atoms with E-state index < -0.39 is 78.1 Å². The van der Waals surface area contributed by atoms with E-state index in [1.165, 1.54) is 0 Å². The molecule has 2 aromatic rings. The van der Waals surface area contributed by atoms with E-state index in [-0.39, 0.29) is 0 Å². The molecule has 0 atom stereocenters. The minimum atomic E-state index is -5.88. The number of benzene rings is 2. The molecule has 0 saturated carbocycles. The number of rotatable bonds is 2. The van der Waals surface area contributed by atoms with Crippen LogP contribution in [0.25, 0.3) is 0 Å². The Balaban J connectivity index is 2.96. The first-order valence-corrected chi connectivity index (χ1v) is 11.8. The fourth-order valence-corrected chi connectivity index (χ4v) is 7.61. The molecule has 2 rings (SSSR count). The van der Waals surface area contributed by atoms with E-state index in [9.17, 15) is 43.9 Å². The predicted molar refractivity (Wildman–Crippen MR) is 69.2 cm³/mol. The van der Waals surface area contributed by atoms with Gasteiger partial charge in [0.1, 0.15) is 0 Å². The molecule has 0 amide bonds. The van der Waals surface area contributed by atoms with Gasteiger partial charge in [-0.2, -0.15) is 0 Å². The second-order valence-corrected chi connectivity index (χ2v) is 13.6. The first-order valence-electron chi connectivity index (χ1n) is 5.61. The van der Waals surface area contributed by atoms with Crippen LogP contribution in [0.4, 0.5) is 43.9 Å². The molecule has 0 unspecified atom stereocenters. The van der Waals surface area contributed by atoms with Crippen LogP contribution in [0.1, 0.15) is 0 Å². The molecule has 0 aliphatic heterocycles. The molecule has 0 aliphatic carbocycles. The van der Waals surface area contributed by atoms with Gasteiger partial charge in [0.15, 0.2) is 0 Å². The van der Waals surface area contributed by atoms with Crippen molar-refractivity contribution in [2.75, 3.05) is 0 Å². The molecule has 0 N–H and O–H groups in total. The average Bonchev–Trinajstić information content (AvgIpc) is 2.54. The molecule has 0 bridgehead atoms. The molecule has 138 valence electrons. The molecule has 0 nitrogen and oxygen atoms in total. The molecule has 0 saturated heterocycles. The van der Waals surface area contributed by atoms with Crippen molar-refractivity contribution < 1.29 is 43.9 Å². The molecule has 13 heteroatoms. The van der Waals surface area contributed by atoms with Crippen LogP contribution in [0.15, 0.2) is 0 Å². The van der Waals surface area contributed by atoms with Crippen LogP contribution in [0.2, 0.25) is 0 Å². The first kappa shape index (κ1) is 20.2. The van der Waals surface area contributed by atoms with Crippen molar-refractivity contribution in [3.63, 3.8) is 0 Å². The van der Waals surface area contributed by atoms with Crippen LogP contribution in [0, 0.1) is 58.2 Å². The van der Waals surface area contributed by atoms with Crippen molar-refractivity contribution in [1.29, 1.82) is 0 Å². The number of halogens is 12. The molecule has 0 fully saturated rings.